The standard InChI is InChI=1S/C10H14N4O4/c1-12-7-3-2-4-8(9(7)14(16)17)13-5-6-18-10(11)15/h2-4,12-13H,5-6H2,1H3,(H2,11,15). The summed E-state index contributed by atoms with van der Waals surface area (Å²) in [5.41, 5.74) is 5.48. The first-order valence-electron chi connectivity index (χ1n) is 5.17. The summed E-state index contributed by atoms with van der Waals surface area (Å²) < 4.78 is 4.51. The van der Waals surface area contributed by atoms with Gasteiger partial charge in [-0.1, -0.05) is 6.07 Å². The molecule has 0 heterocycles. The highest BCUT2D eigenvalue weighted by molar-refractivity contribution is 5.76. The Labute approximate surface area is 103 Å². The van der Waals surface area contributed by atoms with Crippen LogP contribution in [0.2, 0.25) is 0 Å². The SMILES string of the molecule is CNc1cccc(NCCOC(N)=O)c1[N+](=O)[O-]. The second kappa shape index (κ2) is 6.28. The van der Waals surface area contributed by atoms with Gasteiger partial charge in [0.25, 0.3) is 0 Å². The fourth-order valence-corrected chi connectivity index (χ4v) is 1.42. The predicted octanol–water partition coefficient (Wildman–Crippen LogP) is 1.14. The van der Waals surface area contributed by atoms with Crippen molar-refractivity contribution < 1.29 is 14.5 Å². The van der Waals surface area contributed by atoms with E-state index in [4.69, 9.17) is 5.73 Å². The van der Waals surface area contributed by atoms with E-state index < -0.39 is 11.0 Å². The molecule has 0 fully saturated rings. The average Bonchev–Trinajstić information content (AvgIpc) is 2.33. The van der Waals surface area contributed by atoms with E-state index in [2.05, 4.69) is 15.4 Å². The Kier molecular flexibility index (Phi) is 4.73. The topological polar surface area (TPSA) is 120 Å². The summed E-state index contributed by atoms with van der Waals surface area (Å²) in [6, 6.07) is 4.85. The lowest BCUT2D eigenvalue weighted by Crippen LogP contribution is -2.18. The third-order valence-electron chi connectivity index (χ3n) is 2.15. The molecule has 0 aliphatic heterocycles. The van der Waals surface area contributed by atoms with Crippen LogP contribution in [-0.4, -0.2) is 31.2 Å². The lowest BCUT2D eigenvalue weighted by molar-refractivity contribution is -0.383. The van der Waals surface area contributed by atoms with Crippen LogP contribution in [0.1, 0.15) is 0 Å². The zero-order valence-electron chi connectivity index (χ0n) is 9.80. The molecule has 1 aromatic rings. The number of carbonyl (C=O) groups is 1. The zero-order valence-corrected chi connectivity index (χ0v) is 9.80. The maximum Gasteiger partial charge on any atom is 0.404 e. The molecule has 4 N–H and O–H groups in total. The maximum atomic E-state index is 11.0. The Balaban J connectivity index is 2.75. The van der Waals surface area contributed by atoms with Gasteiger partial charge in [-0.25, -0.2) is 4.79 Å². The van der Waals surface area contributed by atoms with Gasteiger partial charge in [0.05, 0.1) is 4.92 Å². The summed E-state index contributed by atoms with van der Waals surface area (Å²) in [7, 11) is 1.60. The van der Waals surface area contributed by atoms with Gasteiger partial charge in [-0.05, 0) is 12.1 Å². The molecule has 0 atom stereocenters. The molecule has 98 valence electrons. The third-order valence-corrected chi connectivity index (χ3v) is 2.15. The number of hydrogen-bond donors (Lipinski definition) is 3. The van der Waals surface area contributed by atoms with Gasteiger partial charge in [0.15, 0.2) is 0 Å². The summed E-state index contributed by atoms with van der Waals surface area (Å²) >= 11 is 0. The van der Waals surface area contributed by atoms with Gasteiger partial charge < -0.3 is 21.1 Å². The monoisotopic (exact) mass is 254 g/mol. The summed E-state index contributed by atoms with van der Waals surface area (Å²) in [6.45, 7) is 0.271. The molecule has 0 saturated carbocycles. The smallest absolute Gasteiger partial charge is 0.404 e. The number of nitrogens with zero attached hydrogens (tertiary/aromatic N) is 1. The van der Waals surface area contributed by atoms with E-state index >= 15 is 0 Å². The molecular formula is C10H14N4O4. The van der Waals surface area contributed by atoms with Crippen molar-refractivity contribution in [2.45, 2.75) is 0 Å². The Bertz CT molecular complexity index is 450. The van der Waals surface area contributed by atoms with Crippen molar-refractivity contribution >= 4 is 23.2 Å². The van der Waals surface area contributed by atoms with E-state index in [1.165, 1.54) is 0 Å². The first kappa shape index (κ1) is 13.6. The molecular weight excluding hydrogens is 240 g/mol. The maximum absolute atomic E-state index is 11.0. The number of para-hydroxylation sites is 1. The lowest BCUT2D eigenvalue weighted by atomic mass is 10.2. The minimum atomic E-state index is -0.879. The summed E-state index contributed by atoms with van der Waals surface area (Å²) in [6.07, 6.45) is -0.879. The van der Waals surface area contributed by atoms with Gasteiger partial charge in [0.2, 0.25) is 0 Å². The van der Waals surface area contributed by atoms with E-state index in [-0.39, 0.29) is 18.8 Å². The summed E-state index contributed by atoms with van der Waals surface area (Å²) in [5.74, 6) is 0. The number of nitro benzene ring substituents is 1. The molecule has 0 aliphatic carbocycles. The van der Waals surface area contributed by atoms with Crippen molar-refractivity contribution in [2.24, 2.45) is 5.73 Å². The molecule has 0 bridgehead atoms. The van der Waals surface area contributed by atoms with E-state index in [0.717, 1.165) is 0 Å². The fraction of sp³-hybridized carbons (Fsp3) is 0.300. The third kappa shape index (κ3) is 3.51. The number of benzene rings is 1. The van der Waals surface area contributed by atoms with E-state index in [1.54, 1.807) is 25.2 Å². The summed E-state index contributed by atoms with van der Waals surface area (Å²) in [5, 5.41) is 16.5. The second-order valence-electron chi connectivity index (χ2n) is 3.30. The normalized spacial score (nSPS) is 9.61. The van der Waals surface area contributed by atoms with E-state index in [0.29, 0.717) is 11.4 Å². The number of rotatable bonds is 6. The predicted molar refractivity (Wildman–Crippen MR) is 66.7 cm³/mol. The van der Waals surface area contributed by atoms with Crippen molar-refractivity contribution in [1.82, 2.24) is 0 Å². The number of amides is 1. The van der Waals surface area contributed by atoms with Crippen LogP contribution in [0.5, 0.6) is 0 Å². The van der Waals surface area contributed by atoms with Crippen LogP contribution in [0.25, 0.3) is 0 Å². The van der Waals surface area contributed by atoms with Crippen LogP contribution in [-0.2, 0) is 4.74 Å². The van der Waals surface area contributed by atoms with Gasteiger partial charge >= 0.3 is 11.8 Å². The quantitative estimate of drug-likeness (QED) is 0.398. The van der Waals surface area contributed by atoms with Crippen molar-refractivity contribution in [3.05, 3.63) is 28.3 Å². The number of nitrogens with two attached hydrogens (primary N) is 1. The molecule has 1 aromatic carbocycles. The van der Waals surface area contributed by atoms with Gasteiger partial charge in [-0.15, -0.1) is 0 Å². The molecule has 1 rings (SSSR count). The average molecular weight is 254 g/mol. The highest BCUT2D eigenvalue weighted by atomic mass is 16.6. The van der Waals surface area contributed by atoms with Crippen LogP contribution in [0.15, 0.2) is 18.2 Å². The molecule has 0 spiro atoms. The van der Waals surface area contributed by atoms with Crippen LogP contribution >= 0.6 is 0 Å². The molecule has 18 heavy (non-hydrogen) atoms. The molecule has 0 unspecified atom stereocenters. The van der Waals surface area contributed by atoms with Gasteiger partial charge in [0, 0.05) is 13.6 Å². The van der Waals surface area contributed by atoms with Crippen LogP contribution in [0.4, 0.5) is 21.9 Å². The van der Waals surface area contributed by atoms with Crippen LogP contribution in [0, 0.1) is 10.1 Å². The molecule has 0 aromatic heterocycles. The van der Waals surface area contributed by atoms with Crippen molar-refractivity contribution in [1.29, 1.82) is 0 Å². The van der Waals surface area contributed by atoms with Gasteiger partial charge in [-0.2, -0.15) is 0 Å². The molecule has 8 heteroatoms. The largest absolute Gasteiger partial charge is 0.448 e. The van der Waals surface area contributed by atoms with Crippen LogP contribution < -0.4 is 16.4 Å². The fourth-order valence-electron chi connectivity index (χ4n) is 1.42. The number of hydrogen-bond acceptors (Lipinski definition) is 6. The number of anilines is 2. The van der Waals surface area contributed by atoms with E-state index in [1.807, 2.05) is 0 Å². The second-order valence-corrected chi connectivity index (χ2v) is 3.30. The molecule has 1 amide bonds. The number of nitro groups is 1. The zero-order chi connectivity index (χ0) is 13.5. The Morgan fingerprint density at radius 2 is 2.17 bits per heavy atom. The van der Waals surface area contributed by atoms with Gasteiger partial charge in [-0.3, -0.25) is 10.1 Å². The number of primary amides is 1. The van der Waals surface area contributed by atoms with Crippen molar-refractivity contribution in [3.63, 3.8) is 0 Å². The highest BCUT2D eigenvalue weighted by Gasteiger charge is 2.18. The van der Waals surface area contributed by atoms with Crippen molar-refractivity contribution in [2.75, 3.05) is 30.8 Å². The Hall–Kier alpha value is -2.51. The number of ether oxygens (including phenoxy) is 1. The highest BCUT2D eigenvalue weighted by Crippen LogP contribution is 2.32. The molecule has 0 aliphatic rings. The molecule has 0 radical (unpaired) electrons. The summed E-state index contributed by atoms with van der Waals surface area (Å²) in [4.78, 5) is 20.8. The van der Waals surface area contributed by atoms with Crippen LogP contribution in [0.3, 0.4) is 0 Å². The minimum absolute atomic E-state index is 0.0380. The number of carbonyl (C=O) groups excluding carboxylic acids is 1. The molecule has 0 saturated heterocycles. The first-order valence-corrected chi connectivity index (χ1v) is 5.17. The minimum Gasteiger partial charge on any atom is -0.448 e. The van der Waals surface area contributed by atoms with Gasteiger partial charge in [0.1, 0.15) is 18.0 Å². The number of nitrogens with one attached hydrogen (secondary N) is 2. The van der Waals surface area contributed by atoms with Crippen molar-refractivity contribution in [3.8, 4) is 0 Å². The van der Waals surface area contributed by atoms with E-state index in [9.17, 15) is 14.9 Å². The lowest BCUT2D eigenvalue weighted by Gasteiger charge is -2.09. The Morgan fingerprint density at radius 3 is 2.72 bits per heavy atom. The Morgan fingerprint density at radius 1 is 1.50 bits per heavy atom. The molecule has 8 nitrogen and oxygen atoms in total. The first-order chi connectivity index (χ1) is 8.56.